The second kappa shape index (κ2) is 7.27. The summed E-state index contributed by atoms with van der Waals surface area (Å²) in [5.41, 5.74) is 1.97. The number of methoxy groups -OCH3 is 1. The zero-order valence-electron chi connectivity index (χ0n) is 15.2. The molecule has 0 aromatic carbocycles. The molecular formula is C16H25N3O5S. The normalized spacial score (nSPS) is 18.1. The Morgan fingerprint density at radius 2 is 1.72 bits per heavy atom. The van der Waals surface area contributed by atoms with Crippen molar-refractivity contribution >= 4 is 21.8 Å². The highest BCUT2D eigenvalue weighted by Crippen LogP contribution is 2.22. The average Bonchev–Trinajstić information content (AvgIpc) is 2.86. The number of piperazine rings is 1. The van der Waals surface area contributed by atoms with Crippen LogP contribution in [-0.2, 0) is 14.8 Å². The first-order valence-electron chi connectivity index (χ1n) is 8.08. The van der Waals surface area contributed by atoms with Gasteiger partial charge in [-0.15, -0.1) is 0 Å². The largest absolute Gasteiger partial charge is 0.465 e. The number of Topliss-reactive ketones (excluding diaryl/α,β-unsaturated/α-hetero) is 1. The Balaban J connectivity index is 2.15. The smallest absolute Gasteiger partial charge is 0.339 e. The molecule has 1 N–H and O–H groups in total. The standard InChI is InChI=1S/C16H25N3O5S/c1-10-13(16(21)24-4)11(2)17-14(10)15(20)12(3)18-6-8-19(9-7-18)25(5,22)23/h12,17H,6-9H2,1-5H3/t12-/m0/s1. The molecule has 0 amide bonds. The summed E-state index contributed by atoms with van der Waals surface area (Å²) < 4.78 is 29.4. The second-order valence-corrected chi connectivity index (χ2v) is 8.34. The van der Waals surface area contributed by atoms with Crippen LogP contribution in [0.3, 0.4) is 0 Å². The summed E-state index contributed by atoms with van der Waals surface area (Å²) in [5, 5.41) is 0. The fraction of sp³-hybridized carbons (Fsp3) is 0.625. The highest BCUT2D eigenvalue weighted by atomic mass is 32.2. The molecule has 25 heavy (non-hydrogen) atoms. The molecular weight excluding hydrogens is 346 g/mol. The van der Waals surface area contributed by atoms with Crippen LogP contribution in [0.5, 0.6) is 0 Å². The summed E-state index contributed by atoms with van der Waals surface area (Å²) in [6, 6.07) is -0.413. The van der Waals surface area contributed by atoms with E-state index in [9.17, 15) is 18.0 Å². The molecule has 1 atom stereocenters. The Kier molecular flexibility index (Phi) is 5.70. The predicted octanol–water partition coefficient (Wildman–Crippen LogP) is 0.567. The maximum atomic E-state index is 12.9. The number of hydrogen-bond donors (Lipinski definition) is 1. The number of nitrogens with zero attached hydrogens (tertiary/aromatic N) is 2. The fourth-order valence-electron chi connectivity index (χ4n) is 3.20. The van der Waals surface area contributed by atoms with Gasteiger partial charge >= 0.3 is 5.97 Å². The van der Waals surface area contributed by atoms with Crippen LogP contribution in [0.15, 0.2) is 0 Å². The van der Waals surface area contributed by atoms with Gasteiger partial charge in [0, 0.05) is 31.9 Å². The number of aromatic nitrogens is 1. The van der Waals surface area contributed by atoms with Gasteiger partial charge in [-0.3, -0.25) is 9.69 Å². The molecule has 1 aliphatic heterocycles. The van der Waals surface area contributed by atoms with E-state index in [-0.39, 0.29) is 5.78 Å². The summed E-state index contributed by atoms with van der Waals surface area (Å²) in [7, 11) is -1.90. The van der Waals surface area contributed by atoms with E-state index >= 15 is 0 Å². The van der Waals surface area contributed by atoms with Crippen molar-refractivity contribution in [3.63, 3.8) is 0 Å². The van der Waals surface area contributed by atoms with Crippen molar-refractivity contribution < 1.29 is 22.7 Å². The van der Waals surface area contributed by atoms with Crippen molar-refractivity contribution in [2.75, 3.05) is 39.5 Å². The van der Waals surface area contributed by atoms with Gasteiger partial charge in [-0.2, -0.15) is 4.31 Å². The molecule has 0 radical (unpaired) electrons. The Morgan fingerprint density at radius 3 is 2.20 bits per heavy atom. The molecule has 0 saturated carbocycles. The van der Waals surface area contributed by atoms with E-state index in [1.807, 2.05) is 4.90 Å². The van der Waals surface area contributed by atoms with Crippen molar-refractivity contribution in [3.8, 4) is 0 Å². The minimum atomic E-state index is -3.20. The molecule has 9 heteroatoms. The third-order valence-corrected chi connectivity index (χ3v) is 6.05. The highest BCUT2D eigenvalue weighted by molar-refractivity contribution is 7.88. The minimum absolute atomic E-state index is 0.122. The number of nitrogens with one attached hydrogen (secondary N) is 1. The van der Waals surface area contributed by atoms with E-state index in [1.165, 1.54) is 17.7 Å². The number of carbonyl (C=O) groups is 2. The number of esters is 1. The summed E-state index contributed by atoms with van der Waals surface area (Å²) in [6.07, 6.45) is 1.19. The van der Waals surface area contributed by atoms with E-state index in [2.05, 4.69) is 4.98 Å². The van der Waals surface area contributed by atoms with Crippen molar-refractivity contribution in [2.24, 2.45) is 0 Å². The minimum Gasteiger partial charge on any atom is -0.465 e. The van der Waals surface area contributed by atoms with E-state index in [4.69, 9.17) is 4.74 Å². The van der Waals surface area contributed by atoms with Gasteiger partial charge in [-0.1, -0.05) is 0 Å². The number of aromatic amines is 1. The molecule has 0 aliphatic carbocycles. The molecule has 1 fully saturated rings. The topological polar surface area (TPSA) is 99.8 Å². The molecule has 140 valence electrons. The van der Waals surface area contributed by atoms with Crippen LogP contribution in [0.25, 0.3) is 0 Å². The first-order valence-corrected chi connectivity index (χ1v) is 9.93. The number of rotatable bonds is 5. The van der Waals surface area contributed by atoms with Gasteiger partial charge in [0.2, 0.25) is 10.0 Å². The van der Waals surface area contributed by atoms with Crippen LogP contribution in [0, 0.1) is 13.8 Å². The number of carbonyl (C=O) groups excluding carboxylic acids is 2. The molecule has 0 unspecified atom stereocenters. The van der Waals surface area contributed by atoms with Crippen LogP contribution < -0.4 is 0 Å². The lowest BCUT2D eigenvalue weighted by atomic mass is 10.0. The summed E-state index contributed by atoms with van der Waals surface area (Å²) >= 11 is 0. The van der Waals surface area contributed by atoms with Crippen molar-refractivity contribution in [3.05, 3.63) is 22.5 Å². The molecule has 1 aromatic heterocycles. The van der Waals surface area contributed by atoms with Crippen molar-refractivity contribution in [1.82, 2.24) is 14.2 Å². The van der Waals surface area contributed by atoms with Gasteiger partial charge in [0.1, 0.15) is 0 Å². The summed E-state index contributed by atoms with van der Waals surface area (Å²) in [5.74, 6) is -0.594. The number of H-pyrrole nitrogens is 1. The molecule has 1 saturated heterocycles. The van der Waals surface area contributed by atoms with Crippen molar-refractivity contribution in [2.45, 2.75) is 26.8 Å². The third-order valence-electron chi connectivity index (χ3n) is 4.74. The van der Waals surface area contributed by atoms with Crippen LogP contribution in [0.4, 0.5) is 0 Å². The Morgan fingerprint density at radius 1 is 1.16 bits per heavy atom. The molecule has 0 bridgehead atoms. The highest BCUT2D eigenvalue weighted by Gasteiger charge is 2.31. The van der Waals surface area contributed by atoms with Gasteiger partial charge in [-0.25, -0.2) is 13.2 Å². The number of hydrogen-bond acceptors (Lipinski definition) is 6. The first-order chi connectivity index (χ1) is 11.6. The molecule has 1 aromatic rings. The number of aryl methyl sites for hydroxylation is 1. The molecule has 1 aliphatic rings. The van der Waals surface area contributed by atoms with E-state index < -0.39 is 22.0 Å². The summed E-state index contributed by atoms with van der Waals surface area (Å²) in [4.78, 5) is 29.7. The second-order valence-electron chi connectivity index (χ2n) is 6.35. The van der Waals surface area contributed by atoms with Gasteiger partial charge in [0.25, 0.3) is 0 Å². The van der Waals surface area contributed by atoms with Gasteiger partial charge < -0.3 is 9.72 Å². The van der Waals surface area contributed by atoms with Crippen LogP contribution in [0.1, 0.15) is 39.0 Å². The maximum Gasteiger partial charge on any atom is 0.339 e. The van der Waals surface area contributed by atoms with Crippen LogP contribution in [-0.4, -0.2) is 79.9 Å². The van der Waals surface area contributed by atoms with Crippen molar-refractivity contribution in [1.29, 1.82) is 0 Å². The van der Waals surface area contributed by atoms with Gasteiger partial charge in [-0.05, 0) is 26.3 Å². The quantitative estimate of drug-likeness (QED) is 0.600. The monoisotopic (exact) mass is 371 g/mol. The lowest BCUT2D eigenvalue weighted by Gasteiger charge is -2.36. The Bertz CT molecular complexity index is 776. The third kappa shape index (κ3) is 3.94. The van der Waals surface area contributed by atoms with Gasteiger partial charge in [0.15, 0.2) is 5.78 Å². The first kappa shape index (κ1) is 19.6. The summed E-state index contributed by atoms with van der Waals surface area (Å²) in [6.45, 7) is 6.96. The molecule has 0 spiro atoms. The number of ketones is 1. The molecule has 2 rings (SSSR count). The van der Waals surface area contributed by atoms with Gasteiger partial charge in [0.05, 0.1) is 30.7 Å². The molecule has 8 nitrogen and oxygen atoms in total. The average molecular weight is 371 g/mol. The Labute approximate surface area is 148 Å². The van der Waals surface area contributed by atoms with Crippen LogP contribution in [0.2, 0.25) is 0 Å². The SMILES string of the molecule is COC(=O)c1c(C)[nH]c(C(=O)[C@H](C)N2CCN(S(C)(=O)=O)CC2)c1C. The number of ether oxygens (including phenoxy) is 1. The van der Waals surface area contributed by atoms with E-state index in [0.717, 1.165) is 0 Å². The van der Waals surface area contributed by atoms with Crippen LogP contribution >= 0.6 is 0 Å². The predicted molar refractivity (Wildman–Crippen MR) is 93.4 cm³/mol. The van der Waals surface area contributed by atoms with E-state index in [0.29, 0.717) is 48.7 Å². The lowest BCUT2D eigenvalue weighted by molar-refractivity contribution is 0.0599. The number of sulfonamides is 1. The lowest BCUT2D eigenvalue weighted by Crippen LogP contribution is -2.52. The molecule has 2 heterocycles. The zero-order valence-corrected chi connectivity index (χ0v) is 16.1. The fourth-order valence-corrected chi connectivity index (χ4v) is 4.03. The zero-order chi connectivity index (χ0) is 18.9. The van der Waals surface area contributed by atoms with E-state index in [1.54, 1.807) is 20.8 Å². The maximum absolute atomic E-state index is 12.9. The Hall–Kier alpha value is -1.71.